The zero-order valence-electron chi connectivity index (χ0n) is 17.3. The van der Waals surface area contributed by atoms with Gasteiger partial charge in [-0.15, -0.1) is 0 Å². The van der Waals surface area contributed by atoms with Crippen LogP contribution in [0.25, 0.3) is 0 Å². The first-order valence-electron chi connectivity index (χ1n) is 10.1. The van der Waals surface area contributed by atoms with Crippen LogP contribution in [0, 0.1) is 11.8 Å². The Morgan fingerprint density at radius 1 is 1.12 bits per heavy atom. The summed E-state index contributed by atoms with van der Waals surface area (Å²) in [6.45, 7) is 2.86. The van der Waals surface area contributed by atoms with Crippen LogP contribution in [0.1, 0.15) is 31.7 Å². The van der Waals surface area contributed by atoms with Crippen LogP contribution >= 0.6 is 0 Å². The molecule has 2 bridgehead atoms. The van der Waals surface area contributed by atoms with E-state index in [-0.39, 0.29) is 17.6 Å². The quantitative estimate of drug-likeness (QED) is 0.520. The summed E-state index contributed by atoms with van der Waals surface area (Å²) in [6.07, 6.45) is -5.12. The first-order chi connectivity index (χ1) is 15.3. The number of carboxylic acid groups (broad SMARTS) is 1. The minimum atomic E-state index is -5.08. The number of alkyl halides is 6. The third-order valence-corrected chi connectivity index (χ3v) is 5.81. The Morgan fingerprint density at radius 2 is 1.76 bits per heavy atom. The number of carbonyl (C=O) groups excluding carboxylic acids is 2. The minimum Gasteiger partial charge on any atom is -0.475 e. The SMILES string of the molecule is CCCN1C=C2CC[C@H]1C1C(=O)N(c3cccc(C(F)(F)F)c3)C(=O)C21.O=C(O)C(F)(F)F. The highest BCUT2D eigenvalue weighted by molar-refractivity contribution is 6.23. The van der Waals surface area contributed by atoms with Crippen LogP contribution in [0.5, 0.6) is 0 Å². The molecule has 1 aromatic carbocycles. The van der Waals surface area contributed by atoms with Crippen molar-refractivity contribution in [2.24, 2.45) is 11.8 Å². The van der Waals surface area contributed by atoms with Crippen LogP contribution in [0.2, 0.25) is 0 Å². The van der Waals surface area contributed by atoms with Crippen molar-refractivity contribution < 1.29 is 45.8 Å². The number of hydrogen-bond acceptors (Lipinski definition) is 4. The van der Waals surface area contributed by atoms with Crippen LogP contribution in [0.15, 0.2) is 36.0 Å². The Kier molecular flexibility index (Phi) is 6.49. The third kappa shape index (κ3) is 4.69. The maximum absolute atomic E-state index is 13.0. The van der Waals surface area contributed by atoms with Crippen LogP contribution in [-0.4, -0.2) is 46.6 Å². The lowest BCUT2D eigenvalue weighted by molar-refractivity contribution is -0.192. The molecule has 2 unspecified atom stereocenters. The maximum Gasteiger partial charge on any atom is 0.490 e. The predicted octanol–water partition coefficient (Wildman–Crippen LogP) is 4.22. The fourth-order valence-corrected chi connectivity index (χ4v) is 4.51. The number of rotatable bonds is 3. The molecule has 1 saturated carbocycles. The Bertz CT molecular complexity index is 988. The number of aliphatic carboxylic acids is 1. The van der Waals surface area contributed by atoms with Crippen molar-refractivity contribution in [2.45, 2.75) is 44.6 Å². The third-order valence-electron chi connectivity index (χ3n) is 5.81. The van der Waals surface area contributed by atoms with Gasteiger partial charge in [0.1, 0.15) is 0 Å². The van der Waals surface area contributed by atoms with Gasteiger partial charge in [-0.3, -0.25) is 9.59 Å². The molecule has 0 radical (unpaired) electrons. The molecule has 33 heavy (non-hydrogen) atoms. The number of benzene rings is 1. The van der Waals surface area contributed by atoms with E-state index in [0.29, 0.717) is 0 Å². The van der Waals surface area contributed by atoms with Gasteiger partial charge >= 0.3 is 18.3 Å². The molecule has 6 nitrogen and oxygen atoms in total. The van der Waals surface area contributed by atoms with Gasteiger partial charge in [0.25, 0.3) is 0 Å². The van der Waals surface area contributed by atoms with Gasteiger partial charge in [0.2, 0.25) is 11.8 Å². The van der Waals surface area contributed by atoms with Gasteiger partial charge in [-0.2, -0.15) is 26.3 Å². The molecular formula is C21H20F6N2O4. The molecule has 12 heteroatoms. The summed E-state index contributed by atoms with van der Waals surface area (Å²) in [7, 11) is 0. The van der Waals surface area contributed by atoms with E-state index in [1.807, 2.05) is 6.20 Å². The molecule has 180 valence electrons. The fraction of sp³-hybridized carbons (Fsp3) is 0.476. The van der Waals surface area contributed by atoms with Crippen molar-refractivity contribution in [3.63, 3.8) is 0 Å². The molecule has 0 spiro atoms. The molecule has 1 aliphatic carbocycles. The highest BCUT2D eigenvalue weighted by atomic mass is 19.4. The smallest absolute Gasteiger partial charge is 0.475 e. The minimum absolute atomic E-state index is 0.00580. The van der Waals surface area contributed by atoms with E-state index in [1.54, 1.807) is 0 Å². The maximum atomic E-state index is 13.0. The average Bonchev–Trinajstić information content (AvgIpc) is 3.00. The number of anilines is 1. The summed E-state index contributed by atoms with van der Waals surface area (Å²) in [4.78, 5) is 37.9. The summed E-state index contributed by atoms with van der Waals surface area (Å²) in [5.74, 6) is -4.55. The number of amides is 2. The van der Waals surface area contributed by atoms with Crippen LogP contribution in [0.3, 0.4) is 0 Å². The normalized spacial score (nSPS) is 24.3. The first-order valence-corrected chi connectivity index (χ1v) is 10.1. The molecule has 1 saturated heterocycles. The second kappa shape index (κ2) is 8.71. The Hall–Kier alpha value is -3.05. The highest BCUT2D eigenvalue weighted by Gasteiger charge is 2.57. The molecule has 2 amide bonds. The molecule has 1 aromatic rings. The molecule has 1 N–H and O–H groups in total. The number of carbonyl (C=O) groups is 3. The standard InChI is InChI=1S/C19H19F3N2O2.C2HF3O2/c1-2-8-23-10-11-6-7-14(23)16-15(11)17(25)24(18(16)26)13-5-3-4-12(9-13)19(20,21)22;3-2(4,5)1(6)7/h3-5,9-10,14-16H,2,6-8H2,1H3;(H,6,7)/t14-,15?,16?;/m0./s1. The van der Waals surface area contributed by atoms with Crippen LogP contribution < -0.4 is 4.90 Å². The summed E-state index contributed by atoms with van der Waals surface area (Å²) >= 11 is 0. The van der Waals surface area contributed by atoms with Crippen molar-refractivity contribution in [1.82, 2.24) is 4.90 Å². The van der Waals surface area contributed by atoms with E-state index < -0.39 is 41.6 Å². The molecule has 4 aliphatic rings. The van der Waals surface area contributed by atoms with Gasteiger partial charge in [-0.1, -0.05) is 13.0 Å². The van der Waals surface area contributed by atoms with E-state index >= 15 is 0 Å². The molecule has 2 fully saturated rings. The Labute approximate surface area is 184 Å². The molecular weight excluding hydrogens is 458 g/mol. The summed E-state index contributed by atoms with van der Waals surface area (Å²) < 4.78 is 70.8. The van der Waals surface area contributed by atoms with Crippen molar-refractivity contribution in [3.05, 3.63) is 41.6 Å². The van der Waals surface area contributed by atoms with Crippen LogP contribution in [-0.2, 0) is 20.6 Å². The van der Waals surface area contributed by atoms with Crippen molar-refractivity contribution in [1.29, 1.82) is 0 Å². The number of nitrogens with zero attached hydrogens (tertiary/aromatic N) is 2. The number of fused-ring (bicyclic) bond motifs is 2. The largest absolute Gasteiger partial charge is 0.490 e. The van der Waals surface area contributed by atoms with Gasteiger partial charge < -0.3 is 10.0 Å². The first kappa shape index (κ1) is 24.6. The number of carboxylic acids is 1. The zero-order chi connectivity index (χ0) is 24.7. The number of halogens is 6. The van der Waals surface area contributed by atoms with Crippen LogP contribution in [0.4, 0.5) is 32.0 Å². The Balaban J connectivity index is 0.000000383. The summed E-state index contributed by atoms with van der Waals surface area (Å²) in [6, 6.07) is 4.40. The number of hydrogen-bond donors (Lipinski definition) is 1. The second-order valence-corrected chi connectivity index (χ2v) is 7.91. The highest BCUT2D eigenvalue weighted by Crippen LogP contribution is 2.48. The molecule has 3 aliphatic heterocycles. The van der Waals surface area contributed by atoms with Crippen molar-refractivity contribution in [2.75, 3.05) is 11.4 Å². The zero-order valence-corrected chi connectivity index (χ0v) is 17.3. The lowest BCUT2D eigenvalue weighted by atomic mass is 9.71. The van der Waals surface area contributed by atoms with Gasteiger partial charge in [0.15, 0.2) is 0 Å². The average molecular weight is 478 g/mol. The number of imide groups is 1. The summed E-state index contributed by atoms with van der Waals surface area (Å²) in [5, 5.41) is 7.12. The second-order valence-electron chi connectivity index (χ2n) is 7.91. The topological polar surface area (TPSA) is 77.9 Å². The lowest BCUT2D eigenvalue weighted by Gasteiger charge is -2.45. The van der Waals surface area contributed by atoms with Gasteiger partial charge in [-0.05, 0) is 49.2 Å². The molecule has 3 heterocycles. The van der Waals surface area contributed by atoms with Crippen molar-refractivity contribution in [3.8, 4) is 0 Å². The van der Waals surface area contributed by atoms with E-state index in [9.17, 15) is 35.9 Å². The van der Waals surface area contributed by atoms with E-state index in [2.05, 4.69) is 11.8 Å². The Morgan fingerprint density at radius 3 is 2.30 bits per heavy atom. The van der Waals surface area contributed by atoms with Crippen molar-refractivity contribution >= 4 is 23.5 Å². The molecule has 3 atom stereocenters. The molecule has 0 aromatic heterocycles. The van der Waals surface area contributed by atoms with E-state index in [4.69, 9.17) is 9.90 Å². The van der Waals surface area contributed by atoms with E-state index in [0.717, 1.165) is 48.4 Å². The fourth-order valence-electron chi connectivity index (χ4n) is 4.51. The van der Waals surface area contributed by atoms with Gasteiger partial charge in [0.05, 0.1) is 23.1 Å². The predicted molar refractivity (Wildman–Crippen MR) is 103 cm³/mol. The summed E-state index contributed by atoms with van der Waals surface area (Å²) in [5.41, 5.74) is 0.0744. The molecule has 5 rings (SSSR count). The van der Waals surface area contributed by atoms with Gasteiger partial charge in [-0.25, -0.2) is 9.69 Å². The van der Waals surface area contributed by atoms with E-state index in [1.165, 1.54) is 12.1 Å². The van der Waals surface area contributed by atoms with Gasteiger partial charge in [0, 0.05) is 12.6 Å². The lowest BCUT2D eigenvalue weighted by Crippen LogP contribution is -2.50. The monoisotopic (exact) mass is 478 g/mol.